The molecule has 0 saturated carbocycles. The lowest BCUT2D eigenvalue weighted by Gasteiger charge is -2.07. The van der Waals surface area contributed by atoms with Crippen molar-refractivity contribution in [2.75, 3.05) is 5.32 Å². The summed E-state index contributed by atoms with van der Waals surface area (Å²) < 4.78 is 41.2. The van der Waals surface area contributed by atoms with Crippen molar-refractivity contribution >= 4 is 43.9 Å². The van der Waals surface area contributed by atoms with Gasteiger partial charge in [-0.3, -0.25) is 10.1 Å². The predicted octanol–water partition coefficient (Wildman–Crippen LogP) is 6.30. The molecule has 1 amide bonds. The smallest absolute Gasteiger partial charge is 0.297 e. The Bertz CT molecular complexity index is 1080. The number of fused-ring (bicyclic) bond motifs is 1. The average Bonchev–Trinajstić information content (AvgIpc) is 3.26. The number of halogens is 3. The minimum Gasteiger partial charge on any atom is -0.297 e. The van der Waals surface area contributed by atoms with Crippen molar-refractivity contribution in [2.24, 2.45) is 0 Å². The molecular weight excluding hydrogens is 393 g/mol. The van der Waals surface area contributed by atoms with Crippen LogP contribution in [0.5, 0.6) is 0 Å². The third-order valence-corrected chi connectivity index (χ3v) is 5.94. The second-order valence-electron chi connectivity index (χ2n) is 5.66. The molecule has 0 radical (unpaired) electrons. The van der Waals surface area contributed by atoms with Crippen molar-refractivity contribution in [3.8, 4) is 11.1 Å². The van der Waals surface area contributed by atoms with Gasteiger partial charge in [-0.15, -0.1) is 11.3 Å². The van der Waals surface area contributed by atoms with Gasteiger partial charge in [0, 0.05) is 5.56 Å². The number of alkyl halides is 3. The van der Waals surface area contributed by atoms with Crippen LogP contribution in [0.2, 0.25) is 0 Å². The highest BCUT2D eigenvalue weighted by Crippen LogP contribution is 2.43. The van der Waals surface area contributed by atoms with Gasteiger partial charge in [0.25, 0.3) is 5.91 Å². The SMILES string of the molecule is O=C(Nc1nc2ccccc2s1)c1cc(-c2ccccc2)c(C(F)(F)F)s1. The summed E-state index contributed by atoms with van der Waals surface area (Å²) in [5, 5.41) is 2.95. The van der Waals surface area contributed by atoms with E-state index in [1.807, 2.05) is 24.3 Å². The Hall–Kier alpha value is -2.71. The summed E-state index contributed by atoms with van der Waals surface area (Å²) in [6.07, 6.45) is -4.54. The lowest BCUT2D eigenvalue weighted by molar-refractivity contribution is -0.133. The van der Waals surface area contributed by atoms with Gasteiger partial charge in [-0.2, -0.15) is 13.2 Å². The number of anilines is 1. The highest BCUT2D eigenvalue weighted by molar-refractivity contribution is 7.22. The molecule has 0 bridgehead atoms. The number of amides is 1. The van der Waals surface area contributed by atoms with Crippen molar-refractivity contribution in [3.63, 3.8) is 0 Å². The first kappa shape index (κ1) is 17.7. The summed E-state index contributed by atoms with van der Waals surface area (Å²) in [6, 6.07) is 16.9. The van der Waals surface area contributed by atoms with Crippen LogP contribution in [0.3, 0.4) is 0 Å². The molecule has 0 spiro atoms. The first-order chi connectivity index (χ1) is 12.9. The van der Waals surface area contributed by atoms with Crippen LogP contribution >= 0.6 is 22.7 Å². The van der Waals surface area contributed by atoms with Crippen molar-refractivity contribution in [3.05, 3.63) is 70.4 Å². The fraction of sp³-hybridized carbons (Fsp3) is 0.0526. The number of thiophene rings is 1. The summed E-state index contributed by atoms with van der Waals surface area (Å²) in [7, 11) is 0. The van der Waals surface area contributed by atoms with Crippen molar-refractivity contribution in [1.82, 2.24) is 4.98 Å². The van der Waals surface area contributed by atoms with E-state index in [2.05, 4.69) is 10.3 Å². The molecule has 0 aliphatic rings. The summed E-state index contributed by atoms with van der Waals surface area (Å²) >= 11 is 1.71. The third kappa shape index (κ3) is 3.58. The van der Waals surface area contributed by atoms with E-state index < -0.39 is 17.0 Å². The molecule has 4 rings (SSSR count). The topological polar surface area (TPSA) is 42.0 Å². The van der Waals surface area contributed by atoms with Crippen LogP contribution in [0.15, 0.2) is 60.7 Å². The standard InChI is InChI=1S/C19H11F3N2OS2/c20-19(21,22)16-12(11-6-2-1-3-7-11)10-15(26-16)17(25)24-18-23-13-8-4-5-9-14(13)27-18/h1-10H,(H,23,24,25). The van der Waals surface area contributed by atoms with Gasteiger partial charge in [-0.25, -0.2) is 4.98 Å². The van der Waals surface area contributed by atoms with E-state index in [0.717, 1.165) is 10.2 Å². The predicted molar refractivity (Wildman–Crippen MR) is 102 cm³/mol. The minimum absolute atomic E-state index is 0.00236. The normalized spacial score (nSPS) is 11.7. The number of nitrogens with one attached hydrogen (secondary N) is 1. The molecule has 0 unspecified atom stereocenters. The zero-order chi connectivity index (χ0) is 19.0. The number of thiazole rings is 1. The number of hydrogen-bond acceptors (Lipinski definition) is 4. The number of rotatable bonds is 3. The Kier molecular flexibility index (Phi) is 4.45. The Morgan fingerprint density at radius 2 is 1.67 bits per heavy atom. The van der Waals surface area contributed by atoms with Gasteiger partial charge in [0.2, 0.25) is 0 Å². The van der Waals surface area contributed by atoms with Gasteiger partial charge in [0.15, 0.2) is 5.13 Å². The number of para-hydroxylation sites is 1. The van der Waals surface area contributed by atoms with Gasteiger partial charge >= 0.3 is 6.18 Å². The number of nitrogens with zero attached hydrogens (tertiary/aromatic N) is 1. The molecule has 0 fully saturated rings. The molecule has 0 saturated heterocycles. The molecule has 2 aromatic heterocycles. The zero-order valence-corrected chi connectivity index (χ0v) is 15.2. The molecule has 8 heteroatoms. The lowest BCUT2D eigenvalue weighted by atomic mass is 10.1. The molecule has 0 atom stereocenters. The van der Waals surface area contributed by atoms with Crippen LogP contribution < -0.4 is 5.32 Å². The summed E-state index contributed by atoms with van der Waals surface area (Å²) in [5.41, 5.74) is 1.15. The second-order valence-corrected chi connectivity index (χ2v) is 7.74. The number of aromatic nitrogens is 1. The molecule has 0 aliphatic heterocycles. The highest BCUT2D eigenvalue weighted by atomic mass is 32.1. The summed E-state index contributed by atoms with van der Waals surface area (Å²) in [5.74, 6) is -0.605. The van der Waals surface area contributed by atoms with Crippen molar-refractivity contribution < 1.29 is 18.0 Å². The Morgan fingerprint density at radius 1 is 0.963 bits per heavy atom. The van der Waals surface area contributed by atoms with Crippen LogP contribution in [0.25, 0.3) is 21.3 Å². The third-order valence-electron chi connectivity index (χ3n) is 3.81. The maximum Gasteiger partial charge on any atom is 0.426 e. The molecule has 0 aliphatic carbocycles. The maximum absolute atomic E-state index is 13.4. The summed E-state index contributed by atoms with van der Waals surface area (Å²) in [6.45, 7) is 0. The largest absolute Gasteiger partial charge is 0.426 e. The Labute approximate surface area is 160 Å². The maximum atomic E-state index is 13.4. The molecule has 27 heavy (non-hydrogen) atoms. The molecular formula is C19H11F3N2OS2. The van der Waals surface area contributed by atoms with Gasteiger partial charge in [-0.05, 0) is 23.8 Å². The minimum atomic E-state index is -4.54. The van der Waals surface area contributed by atoms with Gasteiger partial charge < -0.3 is 0 Å². The van der Waals surface area contributed by atoms with Gasteiger partial charge in [0.05, 0.1) is 15.1 Å². The lowest BCUT2D eigenvalue weighted by Crippen LogP contribution is -2.09. The average molecular weight is 404 g/mol. The molecule has 2 aromatic carbocycles. The number of carbonyl (C=O) groups excluding carboxylic acids is 1. The molecule has 3 nitrogen and oxygen atoms in total. The molecule has 1 N–H and O–H groups in total. The second kappa shape index (κ2) is 6.79. The zero-order valence-electron chi connectivity index (χ0n) is 13.6. The number of benzene rings is 2. The van der Waals surface area contributed by atoms with Crippen LogP contribution in [0, 0.1) is 0 Å². The fourth-order valence-corrected chi connectivity index (χ4v) is 4.43. The van der Waals surface area contributed by atoms with E-state index in [1.54, 1.807) is 30.3 Å². The Balaban J connectivity index is 1.68. The summed E-state index contributed by atoms with van der Waals surface area (Å²) in [4.78, 5) is 16.0. The first-order valence-electron chi connectivity index (χ1n) is 7.85. The fourth-order valence-electron chi connectivity index (χ4n) is 2.63. The van der Waals surface area contributed by atoms with E-state index >= 15 is 0 Å². The van der Waals surface area contributed by atoms with E-state index in [-0.39, 0.29) is 10.4 Å². The molecule has 136 valence electrons. The van der Waals surface area contributed by atoms with Crippen molar-refractivity contribution in [1.29, 1.82) is 0 Å². The van der Waals surface area contributed by atoms with Gasteiger partial charge in [-0.1, -0.05) is 53.8 Å². The number of carbonyl (C=O) groups is 1. The van der Waals surface area contributed by atoms with Crippen LogP contribution in [-0.4, -0.2) is 10.9 Å². The molecule has 2 heterocycles. The van der Waals surface area contributed by atoms with E-state index in [4.69, 9.17) is 0 Å². The quantitative estimate of drug-likeness (QED) is 0.436. The highest BCUT2D eigenvalue weighted by Gasteiger charge is 2.37. The monoisotopic (exact) mass is 404 g/mol. The van der Waals surface area contributed by atoms with Crippen LogP contribution in [0.4, 0.5) is 18.3 Å². The Morgan fingerprint density at radius 3 is 2.37 bits per heavy atom. The first-order valence-corrected chi connectivity index (χ1v) is 9.48. The van der Waals surface area contributed by atoms with E-state index in [9.17, 15) is 18.0 Å². The van der Waals surface area contributed by atoms with Gasteiger partial charge in [0.1, 0.15) is 4.88 Å². The van der Waals surface area contributed by atoms with E-state index in [1.165, 1.54) is 17.4 Å². The van der Waals surface area contributed by atoms with Crippen LogP contribution in [0.1, 0.15) is 14.5 Å². The number of hydrogen-bond donors (Lipinski definition) is 1. The van der Waals surface area contributed by atoms with Crippen LogP contribution in [-0.2, 0) is 6.18 Å². The van der Waals surface area contributed by atoms with E-state index in [0.29, 0.717) is 22.0 Å². The molecule has 4 aromatic rings. The van der Waals surface area contributed by atoms with Crippen molar-refractivity contribution in [2.45, 2.75) is 6.18 Å².